The highest BCUT2D eigenvalue weighted by Gasteiger charge is 2.43. The van der Waals surface area contributed by atoms with Gasteiger partial charge in [-0.3, -0.25) is 9.58 Å². The molecule has 0 saturated carbocycles. The van der Waals surface area contributed by atoms with Crippen LogP contribution in [0.1, 0.15) is 29.9 Å². The summed E-state index contributed by atoms with van der Waals surface area (Å²) >= 11 is 0. The van der Waals surface area contributed by atoms with Gasteiger partial charge < -0.3 is 13.9 Å². The molecule has 2 fully saturated rings. The van der Waals surface area contributed by atoms with Gasteiger partial charge in [-0.2, -0.15) is 5.10 Å². The van der Waals surface area contributed by atoms with Crippen LogP contribution in [0.15, 0.2) is 28.9 Å². The summed E-state index contributed by atoms with van der Waals surface area (Å²) in [6, 6.07) is 4.10. The molecule has 2 saturated heterocycles. The molecule has 2 unspecified atom stereocenters. The summed E-state index contributed by atoms with van der Waals surface area (Å²) in [5.74, 6) is 2.03. The first kappa shape index (κ1) is 16.8. The number of aryl methyl sites for hydroxylation is 2. The Hall–Kier alpha value is -1.63. The van der Waals surface area contributed by atoms with Gasteiger partial charge in [0.25, 0.3) is 0 Å². The van der Waals surface area contributed by atoms with Crippen molar-refractivity contribution in [2.45, 2.75) is 51.5 Å². The molecule has 0 bridgehead atoms. The fourth-order valence-electron chi connectivity index (χ4n) is 3.93. The van der Waals surface area contributed by atoms with E-state index in [1.165, 1.54) is 5.56 Å². The number of hydrogen-bond donors (Lipinski definition) is 0. The fourth-order valence-corrected chi connectivity index (χ4v) is 3.93. The molecule has 0 aliphatic carbocycles. The average Bonchev–Trinajstić information content (AvgIpc) is 3.25. The van der Waals surface area contributed by atoms with E-state index in [0.29, 0.717) is 6.61 Å². The molecule has 0 radical (unpaired) electrons. The van der Waals surface area contributed by atoms with Crippen molar-refractivity contribution in [1.29, 1.82) is 0 Å². The van der Waals surface area contributed by atoms with E-state index in [-0.39, 0.29) is 11.7 Å². The van der Waals surface area contributed by atoms with E-state index in [0.717, 1.165) is 57.1 Å². The number of hydrogen-bond acceptors (Lipinski definition) is 5. The van der Waals surface area contributed by atoms with Crippen LogP contribution >= 0.6 is 0 Å². The van der Waals surface area contributed by atoms with E-state index in [4.69, 9.17) is 13.9 Å². The lowest BCUT2D eigenvalue weighted by Crippen LogP contribution is -2.44. The molecule has 25 heavy (non-hydrogen) atoms. The number of nitrogens with zero attached hydrogens (tertiary/aromatic N) is 3. The number of furan rings is 1. The average molecular weight is 345 g/mol. The van der Waals surface area contributed by atoms with Crippen molar-refractivity contribution in [2.24, 2.45) is 0 Å². The molecule has 0 aromatic carbocycles. The molecule has 0 N–H and O–H groups in total. The highest BCUT2D eigenvalue weighted by atomic mass is 16.6. The molecule has 6 nitrogen and oxygen atoms in total. The smallest absolute Gasteiger partial charge is 0.118 e. The van der Waals surface area contributed by atoms with Crippen LogP contribution < -0.4 is 0 Å². The quantitative estimate of drug-likeness (QED) is 0.852. The summed E-state index contributed by atoms with van der Waals surface area (Å²) in [4.78, 5) is 2.40. The van der Waals surface area contributed by atoms with Gasteiger partial charge in [-0.1, -0.05) is 0 Å². The SMILES string of the molecule is Cc1cc(CN2CCOCC3(CCC(Cn4cccn4)O3)C2)oc1C. The summed E-state index contributed by atoms with van der Waals surface area (Å²) in [6.07, 6.45) is 6.10. The van der Waals surface area contributed by atoms with Crippen LogP contribution in [-0.4, -0.2) is 52.7 Å². The molecule has 6 heteroatoms. The second kappa shape index (κ2) is 6.94. The Labute approximate surface area is 148 Å². The summed E-state index contributed by atoms with van der Waals surface area (Å²) in [7, 11) is 0. The molecule has 4 rings (SSSR count). The maximum atomic E-state index is 6.48. The predicted octanol–water partition coefficient (Wildman–Crippen LogP) is 2.54. The molecule has 0 amide bonds. The molecule has 4 heterocycles. The molecule has 2 aromatic rings. The monoisotopic (exact) mass is 345 g/mol. The summed E-state index contributed by atoms with van der Waals surface area (Å²) in [5.41, 5.74) is 1.01. The molecular weight excluding hydrogens is 318 g/mol. The summed E-state index contributed by atoms with van der Waals surface area (Å²) in [6.45, 7) is 8.96. The zero-order valence-electron chi connectivity index (χ0n) is 15.1. The van der Waals surface area contributed by atoms with Crippen molar-refractivity contribution >= 4 is 0 Å². The zero-order chi connectivity index (χ0) is 17.3. The van der Waals surface area contributed by atoms with Crippen molar-refractivity contribution in [1.82, 2.24) is 14.7 Å². The molecule has 2 aliphatic heterocycles. The van der Waals surface area contributed by atoms with Gasteiger partial charge in [0.05, 0.1) is 32.4 Å². The van der Waals surface area contributed by atoms with Crippen LogP contribution in [0.3, 0.4) is 0 Å². The Bertz CT molecular complexity index is 677. The van der Waals surface area contributed by atoms with Crippen molar-refractivity contribution in [3.05, 3.63) is 41.6 Å². The molecular formula is C19H27N3O3. The lowest BCUT2D eigenvalue weighted by Gasteiger charge is -2.31. The first-order valence-electron chi connectivity index (χ1n) is 9.13. The predicted molar refractivity (Wildman–Crippen MR) is 93.3 cm³/mol. The second-order valence-electron chi connectivity index (χ2n) is 7.40. The van der Waals surface area contributed by atoms with Crippen molar-refractivity contribution in [3.8, 4) is 0 Å². The van der Waals surface area contributed by atoms with Gasteiger partial charge in [0.1, 0.15) is 17.1 Å². The van der Waals surface area contributed by atoms with E-state index >= 15 is 0 Å². The lowest BCUT2D eigenvalue weighted by atomic mass is 10.00. The minimum absolute atomic E-state index is 0.203. The number of rotatable bonds is 4. The number of ether oxygens (including phenoxy) is 2. The molecule has 2 atom stereocenters. The van der Waals surface area contributed by atoms with Gasteiger partial charge in [0, 0.05) is 25.5 Å². The topological polar surface area (TPSA) is 52.7 Å². The fraction of sp³-hybridized carbons (Fsp3) is 0.632. The van der Waals surface area contributed by atoms with Gasteiger partial charge in [0.15, 0.2) is 0 Å². The normalized spacial score (nSPS) is 27.8. The Balaban J connectivity index is 1.41. The van der Waals surface area contributed by atoms with E-state index in [1.54, 1.807) is 0 Å². The van der Waals surface area contributed by atoms with Gasteiger partial charge in [0.2, 0.25) is 0 Å². The van der Waals surface area contributed by atoms with Crippen molar-refractivity contribution in [2.75, 3.05) is 26.3 Å². The lowest BCUT2D eigenvalue weighted by molar-refractivity contribution is -0.0907. The third kappa shape index (κ3) is 3.81. The van der Waals surface area contributed by atoms with Gasteiger partial charge >= 0.3 is 0 Å². The van der Waals surface area contributed by atoms with Crippen LogP contribution in [0.2, 0.25) is 0 Å². The minimum Gasteiger partial charge on any atom is -0.465 e. The Morgan fingerprint density at radius 1 is 1.36 bits per heavy atom. The second-order valence-corrected chi connectivity index (χ2v) is 7.40. The van der Waals surface area contributed by atoms with Gasteiger partial charge in [-0.05, 0) is 44.4 Å². The van der Waals surface area contributed by atoms with Crippen LogP contribution in [0.25, 0.3) is 0 Å². The summed E-state index contributed by atoms with van der Waals surface area (Å²) in [5, 5.41) is 4.30. The molecule has 2 aromatic heterocycles. The molecule has 136 valence electrons. The van der Waals surface area contributed by atoms with Crippen LogP contribution in [0, 0.1) is 13.8 Å². The number of aromatic nitrogens is 2. The van der Waals surface area contributed by atoms with E-state index in [2.05, 4.69) is 23.0 Å². The van der Waals surface area contributed by atoms with E-state index in [1.807, 2.05) is 30.1 Å². The third-order valence-corrected chi connectivity index (χ3v) is 5.31. The van der Waals surface area contributed by atoms with E-state index < -0.39 is 0 Å². The van der Waals surface area contributed by atoms with Gasteiger partial charge in [-0.25, -0.2) is 0 Å². The van der Waals surface area contributed by atoms with E-state index in [9.17, 15) is 0 Å². The van der Waals surface area contributed by atoms with Crippen LogP contribution in [-0.2, 0) is 22.6 Å². The molecule has 2 aliphatic rings. The van der Waals surface area contributed by atoms with Crippen LogP contribution in [0.5, 0.6) is 0 Å². The zero-order valence-corrected chi connectivity index (χ0v) is 15.1. The Morgan fingerprint density at radius 2 is 2.28 bits per heavy atom. The maximum Gasteiger partial charge on any atom is 0.118 e. The highest BCUT2D eigenvalue weighted by molar-refractivity contribution is 5.18. The Kier molecular flexibility index (Phi) is 4.67. The third-order valence-electron chi connectivity index (χ3n) is 5.31. The Morgan fingerprint density at radius 3 is 3.04 bits per heavy atom. The minimum atomic E-state index is -0.203. The summed E-state index contributed by atoms with van der Waals surface area (Å²) < 4.78 is 20.2. The largest absolute Gasteiger partial charge is 0.465 e. The molecule has 1 spiro atoms. The van der Waals surface area contributed by atoms with Crippen molar-refractivity contribution in [3.63, 3.8) is 0 Å². The standard InChI is InChI=1S/C19H27N3O3/c1-15-10-18(24-16(15)2)11-21-8-9-23-14-19(13-21)5-4-17(25-19)12-22-7-3-6-20-22/h3,6-7,10,17H,4-5,8-9,11-14H2,1-2H3. The van der Waals surface area contributed by atoms with Crippen molar-refractivity contribution < 1.29 is 13.9 Å². The van der Waals surface area contributed by atoms with Crippen LogP contribution in [0.4, 0.5) is 0 Å². The first-order chi connectivity index (χ1) is 12.1. The highest BCUT2D eigenvalue weighted by Crippen LogP contribution is 2.34. The maximum absolute atomic E-state index is 6.48. The van der Waals surface area contributed by atoms with Gasteiger partial charge in [-0.15, -0.1) is 0 Å². The first-order valence-corrected chi connectivity index (χ1v) is 9.13.